The molecule has 1 aliphatic rings. The van der Waals surface area contributed by atoms with Crippen molar-refractivity contribution in [2.75, 3.05) is 4.90 Å². The molecule has 0 fully saturated rings. The lowest BCUT2D eigenvalue weighted by Gasteiger charge is -2.25. The number of hydrogen-bond acceptors (Lipinski definition) is 2. The van der Waals surface area contributed by atoms with Crippen LogP contribution >= 0.6 is 11.8 Å². The second kappa shape index (κ2) is 8.50. The Hall–Kier alpha value is -3.11. The quantitative estimate of drug-likeness (QED) is 0.712. The zero-order chi connectivity index (χ0) is 20.2. The van der Waals surface area contributed by atoms with Gasteiger partial charge in [0.05, 0.1) is 10.9 Å². The summed E-state index contributed by atoms with van der Waals surface area (Å²) in [4.78, 5) is 18.7. The molecular weight excluding hydrogens is 376 g/mol. The molecule has 1 atom stereocenters. The van der Waals surface area contributed by atoms with E-state index in [1.165, 1.54) is 5.56 Å². The molecule has 3 nitrogen and oxygen atoms in total. The number of carbonyl (C=O) groups excluding carboxylic acids is 1. The van der Waals surface area contributed by atoms with E-state index in [-0.39, 0.29) is 11.2 Å². The minimum atomic E-state index is -0.222. The van der Waals surface area contributed by atoms with Crippen molar-refractivity contribution in [3.63, 3.8) is 0 Å². The highest BCUT2D eigenvalue weighted by molar-refractivity contribution is 8.15. The number of rotatable bonds is 3. The Kier molecular flexibility index (Phi) is 5.63. The SMILES string of the molecule is Cc1ccc([NH+]=C2C=C(c3ccccc3)N(c3ccccc3)C(=O)C(C)S2)cc1. The van der Waals surface area contributed by atoms with Crippen molar-refractivity contribution < 1.29 is 9.79 Å². The van der Waals surface area contributed by atoms with E-state index in [0.717, 1.165) is 27.7 Å². The first kappa shape index (κ1) is 19.2. The van der Waals surface area contributed by atoms with Crippen LogP contribution in [0.5, 0.6) is 0 Å². The van der Waals surface area contributed by atoms with E-state index in [0.29, 0.717) is 0 Å². The molecule has 4 heteroatoms. The first-order valence-electron chi connectivity index (χ1n) is 9.65. The fraction of sp³-hybridized carbons (Fsp3) is 0.120. The van der Waals surface area contributed by atoms with Crippen molar-refractivity contribution in [1.29, 1.82) is 0 Å². The summed E-state index contributed by atoms with van der Waals surface area (Å²) in [5.74, 6) is 0.0667. The number of nitrogens with zero attached hydrogens (tertiary/aromatic N) is 1. The third kappa shape index (κ3) is 4.33. The van der Waals surface area contributed by atoms with Crippen LogP contribution in [0.3, 0.4) is 0 Å². The third-order valence-electron chi connectivity index (χ3n) is 4.78. The van der Waals surface area contributed by atoms with Crippen molar-refractivity contribution >= 4 is 39.8 Å². The lowest BCUT2D eigenvalue weighted by molar-refractivity contribution is -0.348. The molecule has 0 aromatic heterocycles. The van der Waals surface area contributed by atoms with Gasteiger partial charge in [-0.05, 0) is 43.3 Å². The van der Waals surface area contributed by atoms with E-state index in [9.17, 15) is 4.79 Å². The summed E-state index contributed by atoms with van der Waals surface area (Å²) >= 11 is 1.55. The van der Waals surface area contributed by atoms with Crippen molar-refractivity contribution in [3.8, 4) is 0 Å². The Bertz CT molecular complexity index is 1060. The molecule has 29 heavy (non-hydrogen) atoms. The Morgan fingerprint density at radius 3 is 2.14 bits per heavy atom. The molecular formula is C25H23N2OS+. The Balaban J connectivity index is 1.87. The van der Waals surface area contributed by atoms with E-state index >= 15 is 0 Å². The molecule has 0 spiro atoms. The molecule has 0 aliphatic carbocycles. The molecule has 1 aliphatic heterocycles. The average molecular weight is 400 g/mol. The molecule has 144 valence electrons. The zero-order valence-corrected chi connectivity index (χ0v) is 17.3. The van der Waals surface area contributed by atoms with Gasteiger partial charge in [0.2, 0.25) is 16.6 Å². The molecule has 3 aromatic rings. The maximum absolute atomic E-state index is 13.4. The van der Waals surface area contributed by atoms with Gasteiger partial charge in [-0.2, -0.15) is 4.99 Å². The van der Waals surface area contributed by atoms with Gasteiger partial charge in [-0.1, -0.05) is 66.2 Å². The topological polar surface area (TPSA) is 34.3 Å². The minimum Gasteiger partial charge on any atom is -0.279 e. The maximum atomic E-state index is 13.4. The van der Waals surface area contributed by atoms with Gasteiger partial charge in [-0.3, -0.25) is 9.69 Å². The second-order valence-electron chi connectivity index (χ2n) is 7.02. The third-order valence-corrected chi connectivity index (χ3v) is 5.81. The summed E-state index contributed by atoms with van der Waals surface area (Å²) in [6.07, 6.45) is 2.08. The van der Waals surface area contributed by atoms with Crippen LogP contribution in [0.15, 0.2) is 91.0 Å². The van der Waals surface area contributed by atoms with Gasteiger partial charge < -0.3 is 0 Å². The molecule has 4 rings (SSSR count). The summed E-state index contributed by atoms with van der Waals surface area (Å²) in [5.41, 5.74) is 4.97. The average Bonchev–Trinajstić information content (AvgIpc) is 2.87. The predicted molar refractivity (Wildman–Crippen MR) is 122 cm³/mol. The van der Waals surface area contributed by atoms with Gasteiger partial charge in [-0.15, -0.1) is 0 Å². The molecule has 3 aromatic carbocycles. The van der Waals surface area contributed by atoms with Crippen LogP contribution in [0.1, 0.15) is 18.1 Å². The number of thioether (sulfide) groups is 1. The largest absolute Gasteiger partial charge is 0.279 e. The highest BCUT2D eigenvalue weighted by Crippen LogP contribution is 2.32. The number of anilines is 1. The Morgan fingerprint density at radius 2 is 1.48 bits per heavy atom. The summed E-state index contributed by atoms with van der Waals surface area (Å²) in [6, 6.07) is 28.2. The highest BCUT2D eigenvalue weighted by atomic mass is 32.2. The molecule has 0 saturated carbocycles. The smallest absolute Gasteiger partial charge is 0.244 e. The van der Waals surface area contributed by atoms with Crippen LogP contribution in [0.2, 0.25) is 0 Å². The standard InChI is InChI=1S/C25H22N2OS/c1-18-13-15-21(16-14-18)26-24-17-23(20-9-5-3-6-10-20)27(25(28)19(2)29-24)22-11-7-4-8-12-22/h3-17,19H,1-2H3/p+1. The second-order valence-corrected chi connectivity index (χ2v) is 8.40. The van der Waals surface area contributed by atoms with E-state index in [1.54, 1.807) is 11.8 Å². The summed E-state index contributed by atoms with van der Waals surface area (Å²) in [5, 5.41) is 0.729. The number of hydrogen-bond donors (Lipinski definition) is 1. The molecule has 1 heterocycles. The predicted octanol–water partition coefficient (Wildman–Crippen LogP) is 4.32. The van der Waals surface area contributed by atoms with Crippen molar-refractivity contribution in [1.82, 2.24) is 0 Å². The van der Waals surface area contributed by atoms with Crippen molar-refractivity contribution in [2.45, 2.75) is 19.1 Å². The van der Waals surface area contributed by atoms with Gasteiger partial charge in [0.25, 0.3) is 0 Å². The molecule has 0 bridgehead atoms. The zero-order valence-electron chi connectivity index (χ0n) is 16.5. The van der Waals surface area contributed by atoms with Gasteiger partial charge in [0, 0.05) is 23.9 Å². The molecule has 0 saturated heterocycles. The van der Waals surface area contributed by atoms with Crippen molar-refractivity contribution in [3.05, 3.63) is 102 Å². The van der Waals surface area contributed by atoms with E-state index in [4.69, 9.17) is 0 Å². The summed E-state index contributed by atoms with van der Waals surface area (Å²) in [6.45, 7) is 4.03. The van der Waals surface area contributed by atoms with Gasteiger partial charge in [0.15, 0.2) is 0 Å². The van der Waals surface area contributed by atoms with E-state index in [2.05, 4.69) is 42.3 Å². The molecule has 1 unspecified atom stereocenters. The fourth-order valence-electron chi connectivity index (χ4n) is 3.27. The van der Waals surface area contributed by atoms with Crippen molar-refractivity contribution in [2.24, 2.45) is 0 Å². The number of amides is 1. The van der Waals surface area contributed by atoms with Crippen LogP contribution in [0, 0.1) is 6.92 Å². The van der Waals surface area contributed by atoms with Crippen LogP contribution in [0.4, 0.5) is 11.4 Å². The maximum Gasteiger partial charge on any atom is 0.244 e. The summed E-state index contributed by atoms with van der Waals surface area (Å²) < 4.78 is 0. The van der Waals surface area contributed by atoms with Crippen LogP contribution in [-0.4, -0.2) is 16.2 Å². The highest BCUT2D eigenvalue weighted by Gasteiger charge is 2.32. The van der Waals surface area contributed by atoms with Gasteiger partial charge in [-0.25, -0.2) is 0 Å². The number of para-hydroxylation sites is 1. The number of carbonyl (C=O) groups is 1. The number of benzene rings is 3. The molecule has 1 N–H and O–H groups in total. The lowest BCUT2D eigenvalue weighted by Crippen LogP contribution is -2.65. The molecule has 1 amide bonds. The number of nitrogens with one attached hydrogen (secondary N) is 1. The first-order valence-corrected chi connectivity index (χ1v) is 10.5. The normalized spacial score (nSPS) is 18.5. The minimum absolute atomic E-state index is 0.0667. The summed E-state index contributed by atoms with van der Waals surface area (Å²) in [7, 11) is 0. The molecule has 0 radical (unpaired) electrons. The Morgan fingerprint density at radius 1 is 0.862 bits per heavy atom. The monoisotopic (exact) mass is 399 g/mol. The Labute approximate surface area is 175 Å². The van der Waals surface area contributed by atoms with E-state index < -0.39 is 0 Å². The number of aryl methyl sites for hydroxylation is 1. The van der Waals surface area contributed by atoms with Crippen LogP contribution in [-0.2, 0) is 4.79 Å². The van der Waals surface area contributed by atoms with E-state index in [1.807, 2.05) is 72.5 Å². The van der Waals surface area contributed by atoms with Gasteiger partial charge in [0.1, 0.15) is 0 Å². The van der Waals surface area contributed by atoms with Crippen LogP contribution < -0.4 is 9.89 Å². The van der Waals surface area contributed by atoms with Crippen LogP contribution in [0.25, 0.3) is 5.70 Å². The first-order chi connectivity index (χ1) is 14.1. The van der Waals surface area contributed by atoms with Gasteiger partial charge >= 0.3 is 0 Å². The fourth-order valence-corrected chi connectivity index (χ4v) is 4.22. The lowest BCUT2D eigenvalue weighted by atomic mass is 10.1.